The number of aromatic carboxylic acids is 1. The number of hydrogen-bond donors (Lipinski definition) is 3. The average Bonchev–Trinajstić information content (AvgIpc) is 2.60. The first-order valence-corrected chi connectivity index (χ1v) is 5.43. The van der Waals surface area contributed by atoms with Crippen LogP contribution in [0.5, 0.6) is 0 Å². The normalized spacial score (nSPS) is 11.2. The molecule has 1 rings (SSSR count). The molecule has 0 aliphatic rings. The Morgan fingerprint density at radius 1 is 1.62 bits per heavy atom. The van der Waals surface area contributed by atoms with E-state index in [-0.39, 0.29) is 18.1 Å². The molecule has 0 radical (unpaired) electrons. The zero-order valence-corrected chi connectivity index (χ0v) is 9.80. The lowest BCUT2D eigenvalue weighted by Gasteiger charge is -2.16. The van der Waals surface area contributed by atoms with Gasteiger partial charge in [0.1, 0.15) is 5.01 Å². The average molecular weight is 243 g/mol. The van der Waals surface area contributed by atoms with Gasteiger partial charge in [-0.05, 0) is 13.8 Å². The minimum Gasteiger partial charge on any atom is -0.476 e. The van der Waals surface area contributed by atoms with Crippen LogP contribution in [0.15, 0.2) is 5.38 Å². The van der Waals surface area contributed by atoms with E-state index in [9.17, 15) is 9.59 Å². The van der Waals surface area contributed by atoms with E-state index in [2.05, 4.69) is 10.3 Å². The molecular formula is C9H13N3O3S. The summed E-state index contributed by atoms with van der Waals surface area (Å²) in [5.41, 5.74) is 4.61. The van der Waals surface area contributed by atoms with E-state index >= 15 is 0 Å². The number of amides is 1. The Bertz CT molecular complexity index is 408. The van der Waals surface area contributed by atoms with Crippen LogP contribution in [0.3, 0.4) is 0 Å². The maximum absolute atomic E-state index is 11.4. The smallest absolute Gasteiger partial charge is 0.355 e. The summed E-state index contributed by atoms with van der Waals surface area (Å²) in [7, 11) is 0. The molecule has 1 aromatic heterocycles. The molecule has 16 heavy (non-hydrogen) atoms. The fourth-order valence-corrected chi connectivity index (χ4v) is 1.58. The van der Waals surface area contributed by atoms with Crippen LogP contribution in [0.25, 0.3) is 0 Å². The number of aromatic nitrogens is 1. The fourth-order valence-electron chi connectivity index (χ4n) is 0.874. The van der Waals surface area contributed by atoms with Gasteiger partial charge in [-0.15, -0.1) is 11.3 Å². The topological polar surface area (TPSA) is 105 Å². The lowest BCUT2D eigenvalue weighted by atomic mass is 10.1. The number of nitrogens with one attached hydrogen (secondary N) is 1. The van der Waals surface area contributed by atoms with Crippen molar-refractivity contribution in [3.8, 4) is 0 Å². The molecule has 0 fully saturated rings. The zero-order chi connectivity index (χ0) is 12.3. The molecule has 0 aliphatic carbocycles. The molecule has 1 aromatic rings. The van der Waals surface area contributed by atoms with E-state index in [1.807, 2.05) is 0 Å². The van der Waals surface area contributed by atoms with Crippen LogP contribution in [0.2, 0.25) is 0 Å². The fraction of sp³-hybridized carbons (Fsp3) is 0.444. The molecule has 0 aliphatic heterocycles. The molecule has 0 bridgehead atoms. The molecule has 0 aromatic carbocycles. The monoisotopic (exact) mass is 243 g/mol. The van der Waals surface area contributed by atoms with Crippen LogP contribution in [-0.2, 0) is 11.3 Å². The highest BCUT2D eigenvalue weighted by molar-refractivity contribution is 7.09. The van der Waals surface area contributed by atoms with Gasteiger partial charge in [-0.3, -0.25) is 4.79 Å². The minimum atomic E-state index is -1.08. The van der Waals surface area contributed by atoms with Crippen LogP contribution in [0, 0.1) is 0 Å². The van der Waals surface area contributed by atoms with Crippen molar-refractivity contribution in [1.82, 2.24) is 10.3 Å². The van der Waals surface area contributed by atoms with Gasteiger partial charge in [0.05, 0.1) is 12.1 Å². The standard InChI is InChI=1S/C9H13N3O3S/c1-9(2,10)8(15)11-3-6-12-5(4-16-6)7(13)14/h4H,3,10H2,1-2H3,(H,11,15)(H,13,14). The van der Waals surface area contributed by atoms with Crippen molar-refractivity contribution in [2.24, 2.45) is 5.73 Å². The summed E-state index contributed by atoms with van der Waals surface area (Å²) in [5, 5.41) is 13.2. The number of carbonyl (C=O) groups is 2. The van der Waals surface area contributed by atoms with E-state index < -0.39 is 11.5 Å². The predicted molar refractivity (Wildman–Crippen MR) is 59.2 cm³/mol. The zero-order valence-electron chi connectivity index (χ0n) is 8.98. The molecule has 1 heterocycles. The molecule has 0 spiro atoms. The molecule has 1 amide bonds. The molecule has 0 atom stereocenters. The van der Waals surface area contributed by atoms with E-state index in [0.29, 0.717) is 5.01 Å². The SMILES string of the molecule is CC(C)(N)C(=O)NCc1nc(C(=O)O)cs1. The van der Waals surface area contributed by atoms with E-state index in [4.69, 9.17) is 10.8 Å². The minimum absolute atomic E-state index is 0.0127. The summed E-state index contributed by atoms with van der Waals surface area (Å²) in [6.07, 6.45) is 0. The molecule has 0 saturated heterocycles. The molecule has 6 nitrogen and oxygen atoms in total. The van der Waals surface area contributed by atoms with Crippen molar-refractivity contribution in [3.63, 3.8) is 0 Å². The van der Waals surface area contributed by atoms with Crippen LogP contribution >= 0.6 is 11.3 Å². The molecule has 7 heteroatoms. The van der Waals surface area contributed by atoms with Crippen molar-refractivity contribution in [2.75, 3.05) is 0 Å². The number of carboxylic acids is 1. The van der Waals surface area contributed by atoms with Gasteiger partial charge in [0.2, 0.25) is 5.91 Å². The van der Waals surface area contributed by atoms with Gasteiger partial charge in [0.15, 0.2) is 5.69 Å². The van der Waals surface area contributed by atoms with Gasteiger partial charge >= 0.3 is 5.97 Å². The lowest BCUT2D eigenvalue weighted by Crippen LogP contribution is -2.48. The quantitative estimate of drug-likeness (QED) is 0.700. The van der Waals surface area contributed by atoms with Crippen molar-refractivity contribution < 1.29 is 14.7 Å². The molecular weight excluding hydrogens is 230 g/mol. The van der Waals surface area contributed by atoms with E-state index in [0.717, 1.165) is 0 Å². The second kappa shape index (κ2) is 4.58. The van der Waals surface area contributed by atoms with Gasteiger partial charge < -0.3 is 16.2 Å². The second-order valence-corrected chi connectivity index (χ2v) is 4.78. The third kappa shape index (κ3) is 3.28. The van der Waals surface area contributed by atoms with Crippen LogP contribution in [0.1, 0.15) is 29.3 Å². The first-order valence-electron chi connectivity index (χ1n) is 4.55. The Labute approximate surface area is 96.5 Å². The highest BCUT2D eigenvalue weighted by Crippen LogP contribution is 2.09. The third-order valence-electron chi connectivity index (χ3n) is 1.76. The van der Waals surface area contributed by atoms with E-state index in [1.54, 1.807) is 13.8 Å². The molecule has 88 valence electrons. The Hall–Kier alpha value is -1.47. The van der Waals surface area contributed by atoms with Gasteiger partial charge in [0.25, 0.3) is 0 Å². The predicted octanol–water partition coefficient (Wildman–Crippen LogP) is 0.195. The number of nitrogens with zero attached hydrogens (tertiary/aromatic N) is 1. The molecule has 0 saturated carbocycles. The maximum atomic E-state index is 11.4. The summed E-state index contributed by atoms with van der Waals surface area (Å²) in [4.78, 5) is 25.8. The van der Waals surface area contributed by atoms with Gasteiger partial charge in [-0.2, -0.15) is 0 Å². The first-order chi connectivity index (χ1) is 7.30. The Kier molecular flexibility index (Phi) is 3.61. The number of carbonyl (C=O) groups excluding carboxylic acids is 1. The summed E-state index contributed by atoms with van der Waals surface area (Å²) in [6.45, 7) is 3.37. The summed E-state index contributed by atoms with van der Waals surface area (Å²) >= 11 is 1.18. The number of hydrogen-bond acceptors (Lipinski definition) is 5. The summed E-state index contributed by atoms with van der Waals surface area (Å²) in [5.74, 6) is -1.38. The number of nitrogens with two attached hydrogens (primary N) is 1. The van der Waals surface area contributed by atoms with Crippen molar-refractivity contribution in [3.05, 3.63) is 16.1 Å². The number of carboxylic acid groups (broad SMARTS) is 1. The summed E-state index contributed by atoms with van der Waals surface area (Å²) < 4.78 is 0. The largest absolute Gasteiger partial charge is 0.476 e. The highest BCUT2D eigenvalue weighted by Gasteiger charge is 2.21. The van der Waals surface area contributed by atoms with Crippen LogP contribution in [0.4, 0.5) is 0 Å². The van der Waals surface area contributed by atoms with Crippen molar-refractivity contribution >= 4 is 23.2 Å². The van der Waals surface area contributed by atoms with Gasteiger partial charge in [-0.25, -0.2) is 9.78 Å². The first kappa shape index (κ1) is 12.6. The van der Waals surface area contributed by atoms with Crippen molar-refractivity contribution in [2.45, 2.75) is 25.9 Å². The maximum Gasteiger partial charge on any atom is 0.355 e. The number of thiazole rings is 1. The molecule has 0 unspecified atom stereocenters. The van der Waals surface area contributed by atoms with Gasteiger partial charge in [0, 0.05) is 5.38 Å². The van der Waals surface area contributed by atoms with Crippen LogP contribution in [-0.4, -0.2) is 27.5 Å². The highest BCUT2D eigenvalue weighted by atomic mass is 32.1. The van der Waals surface area contributed by atoms with E-state index in [1.165, 1.54) is 16.7 Å². The van der Waals surface area contributed by atoms with Crippen molar-refractivity contribution in [1.29, 1.82) is 0 Å². The molecule has 4 N–H and O–H groups in total. The lowest BCUT2D eigenvalue weighted by molar-refractivity contribution is -0.125. The Morgan fingerprint density at radius 2 is 2.25 bits per heavy atom. The Morgan fingerprint density at radius 3 is 2.69 bits per heavy atom. The second-order valence-electron chi connectivity index (χ2n) is 3.84. The van der Waals surface area contributed by atoms with Crippen LogP contribution < -0.4 is 11.1 Å². The Balaban J connectivity index is 2.55. The number of rotatable bonds is 4. The summed E-state index contributed by atoms with van der Waals surface area (Å²) in [6, 6.07) is 0. The third-order valence-corrected chi connectivity index (χ3v) is 2.61. The van der Waals surface area contributed by atoms with Gasteiger partial charge in [-0.1, -0.05) is 0 Å².